The number of hydrogen-bond donors (Lipinski definition) is 1. The first kappa shape index (κ1) is 15.4. The number of carbonyl (C=O) groups is 2. The monoisotopic (exact) mass is 250 g/mol. The van der Waals surface area contributed by atoms with E-state index < -0.39 is 11.9 Å². The van der Waals surface area contributed by atoms with Gasteiger partial charge in [-0.2, -0.15) is 0 Å². The van der Waals surface area contributed by atoms with Crippen LogP contribution in [0.4, 0.5) is 0 Å². The van der Waals surface area contributed by atoms with Crippen LogP contribution in [0, 0.1) is 0 Å². The van der Waals surface area contributed by atoms with Gasteiger partial charge >= 0.3 is 11.9 Å². The number of esters is 1. The highest BCUT2D eigenvalue weighted by molar-refractivity contribution is 5.83. The van der Waals surface area contributed by atoms with Crippen LogP contribution >= 0.6 is 0 Å². The number of methoxy groups -OCH3 is 1. The molecule has 0 saturated carbocycles. The molecule has 0 atom stereocenters. The van der Waals surface area contributed by atoms with Crippen molar-refractivity contribution in [3.8, 4) is 11.5 Å². The predicted molar refractivity (Wildman–Crippen MR) is 66.7 cm³/mol. The molecule has 96 valence electrons. The minimum absolute atomic E-state index is 0.467. The quantitative estimate of drug-likeness (QED) is 0.503. The Balaban J connectivity index is 0.000000494. The summed E-state index contributed by atoms with van der Waals surface area (Å²) in [6.07, 6.45) is 1.95. The molecule has 0 aliphatic heterocycles. The number of carbonyl (C=O) groups excluding carboxylic acids is 1. The summed E-state index contributed by atoms with van der Waals surface area (Å²) in [7, 11) is 1.57. The van der Waals surface area contributed by atoms with E-state index >= 15 is 0 Å². The molecule has 0 spiro atoms. The molecular formula is C13H14O5. The number of aliphatic carboxylic acids is 1. The van der Waals surface area contributed by atoms with Gasteiger partial charge in [-0.25, -0.2) is 9.59 Å². The van der Waals surface area contributed by atoms with E-state index in [1.165, 1.54) is 0 Å². The molecular weight excluding hydrogens is 236 g/mol. The van der Waals surface area contributed by atoms with Gasteiger partial charge in [0, 0.05) is 12.2 Å². The van der Waals surface area contributed by atoms with Gasteiger partial charge in [-0.05, 0) is 24.3 Å². The van der Waals surface area contributed by atoms with Crippen LogP contribution in [0.15, 0.2) is 49.6 Å². The molecule has 0 saturated heterocycles. The lowest BCUT2D eigenvalue weighted by Gasteiger charge is -2.02. The van der Waals surface area contributed by atoms with Crippen LogP contribution in [0.25, 0.3) is 0 Å². The molecule has 1 N–H and O–H groups in total. The van der Waals surface area contributed by atoms with Gasteiger partial charge in [0.2, 0.25) is 0 Å². The van der Waals surface area contributed by atoms with Crippen molar-refractivity contribution in [2.24, 2.45) is 0 Å². The smallest absolute Gasteiger partial charge is 0.335 e. The van der Waals surface area contributed by atoms with Crippen LogP contribution < -0.4 is 9.47 Å². The lowest BCUT2D eigenvalue weighted by atomic mass is 10.3. The SMILES string of the molecule is C=CC(=O)O.C=CC(=O)Oc1ccc(OC)cc1. The zero-order chi connectivity index (χ0) is 14.0. The number of ether oxygens (including phenoxy) is 2. The Morgan fingerprint density at radius 1 is 1.11 bits per heavy atom. The molecule has 5 heteroatoms. The molecule has 1 rings (SSSR count). The fourth-order valence-corrected chi connectivity index (χ4v) is 0.802. The molecule has 18 heavy (non-hydrogen) atoms. The zero-order valence-corrected chi connectivity index (χ0v) is 9.96. The molecule has 0 amide bonds. The molecule has 1 aromatic carbocycles. The summed E-state index contributed by atoms with van der Waals surface area (Å²) >= 11 is 0. The summed E-state index contributed by atoms with van der Waals surface area (Å²) in [5, 5.41) is 7.60. The second-order valence-electron chi connectivity index (χ2n) is 2.84. The first-order valence-electron chi connectivity index (χ1n) is 4.87. The molecule has 0 aliphatic rings. The fourth-order valence-electron chi connectivity index (χ4n) is 0.802. The Morgan fingerprint density at radius 2 is 1.56 bits per heavy atom. The van der Waals surface area contributed by atoms with E-state index in [1.54, 1.807) is 31.4 Å². The number of carboxylic acids is 1. The molecule has 1 aromatic rings. The first-order chi connectivity index (χ1) is 8.53. The third kappa shape index (κ3) is 6.84. The Labute approximate surface area is 105 Å². The predicted octanol–water partition coefficient (Wildman–Crippen LogP) is 2.04. The highest BCUT2D eigenvalue weighted by atomic mass is 16.5. The molecule has 0 radical (unpaired) electrons. The number of rotatable bonds is 4. The Bertz CT molecular complexity index is 420. The fraction of sp³-hybridized carbons (Fsp3) is 0.0769. The Hall–Kier alpha value is -2.56. The van der Waals surface area contributed by atoms with Crippen LogP contribution in [-0.2, 0) is 9.59 Å². The molecule has 5 nitrogen and oxygen atoms in total. The van der Waals surface area contributed by atoms with Gasteiger partial charge < -0.3 is 14.6 Å². The van der Waals surface area contributed by atoms with Gasteiger partial charge in [-0.3, -0.25) is 0 Å². The minimum Gasteiger partial charge on any atom is -0.497 e. The standard InChI is InChI=1S/C10H10O3.C3H4O2/c1-3-10(11)13-9-6-4-8(12-2)5-7-9;1-2-3(4)5/h3-7H,1H2,2H3;2H,1H2,(H,4,5). The van der Waals surface area contributed by atoms with E-state index in [0.29, 0.717) is 5.75 Å². The molecule has 0 fully saturated rings. The van der Waals surface area contributed by atoms with Crippen molar-refractivity contribution in [2.75, 3.05) is 7.11 Å². The van der Waals surface area contributed by atoms with E-state index in [9.17, 15) is 9.59 Å². The van der Waals surface area contributed by atoms with E-state index in [4.69, 9.17) is 14.6 Å². The summed E-state index contributed by atoms with van der Waals surface area (Å²) in [4.78, 5) is 20.0. The van der Waals surface area contributed by atoms with Crippen molar-refractivity contribution < 1.29 is 24.2 Å². The van der Waals surface area contributed by atoms with Crippen molar-refractivity contribution in [1.29, 1.82) is 0 Å². The van der Waals surface area contributed by atoms with Crippen molar-refractivity contribution in [1.82, 2.24) is 0 Å². The largest absolute Gasteiger partial charge is 0.497 e. The molecule has 0 heterocycles. The zero-order valence-electron chi connectivity index (χ0n) is 9.96. The molecule has 0 aromatic heterocycles. The average Bonchev–Trinajstić information content (AvgIpc) is 2.40. The second-order valence-corrected chi connectivity index (χ2v) is 2.84. The second kappa shape index (κ2) is 8.58. The summed E-state index contributed by atoms with van der Waals surface area (Å²) in [5.74, 6) is -0.251. The van der Waals surface area contributed by atoms with Crippen LogP contribution in [0.1, 0.15) is 0 Å². The van der Waals surface area contributed by atoms with E-state index in [0.717, 1.165) is 17.9 Å². The van der Waals surface area contributed by atoms with Gasteiger partial charge in [0.05, 0.1) is 7.11 Å². The summed E-state index contributed by atoms with van der Waals surface area (Å²) in [5.41, 5.74) is 0. The van der Waals surface area contributed by atoms with Crippen molar-refractivity contribution in [3.63, 3.8) is 0 Å². The first-order valence-corrected chi connectivity index (χ1v) is 4.87. The van der Waals surface area contributed by atoms with Crippen molar-refractivity contribution >= 4 is 11.9 Å². The topological polar surface area (TPSA) is 72.8 Å². The normalized spacial score (nSPS) is 8.28. The summed E-state index contributed by atoms with van der Waals surface area (Å²) < 4.78 is 9.79. The third-order valence-corrected chi connectivity index (χ3v) is 1.62. The summed E-state index contributed by atoms with van der Waals surface area (Å²) in [6.45, 7) is 6.25. The van der Waals surface area contributed by atoms with Crippen LogP contribution in [0.3, 0.4) is 0 Å². The maximum Gasteiger partial charge on any atom is 0.335 e. The Morgan fingerprint density at radius 3 is 1.89 bits per heavy atom. The number of hydrogen-bond acceptors (Lipinski definition) is 4. The highest BCUT2D eigenvalue weighted by Crippen LogP contribution is 2.16. The maximum atomic E-state index is 10.8. The molecule has 0 aliphatic carbocycles. The maximum absolute atomic E-state index is 10.8. The molecule has 0 bridgehead atoms. The van der Waals surface area contributed by atoms with E-state index in [2.05, 4.69) is 13.2 Å². The average molecular weight is 250 g/mol. The van der Waals surface area contributed by atoms with Crippen LogP contribution in [-0.4, -0.2) is 24.2 Å². The van der Waals surface area contributed by atoms with Gasteiger partial charge in [0.25, 0.3) is 0 Å². The summed E-state index contributed by atoms with van der Waals surface area (Å²) in [6, 6.07) is 6.73. The minimum atomic E-state index is -0.981. The third-order valence-electron chi connectivity index (χ3n) is 1.62. The van der Waals surface area contributed by atoms with Gasteiger partial charge in [-0.15, -0.1) is 0 Å². The lowest BCUT2D eigenvalue weighted by Crippen LogP contribution is -2.02. The van der Waals surface area contributed by atoms with Crippen molar-refractivity contribution in [3.05, 3.63) is 49.6 Å². The van der Waals surface area contributed by atoms with Crippen LogP contribution in [0.5, 0.6) is 11.5 Å². The molecule has 0 unspecified atom stereocenters. The van der Waals surface area contributed by atoms with Crippen molar-refractivity contribution in [2.45, 2.75) is 0 Å². The van der Waals surface area contributed by atoms with Gasteiger partial charge in [-0.1, -0.05) is 13.2 Å². The van der Waals surface area contributed by atoms with Crippen LogP contribution in [0.2, 0.25) is 0 Å². The highest BCUT2D eigenvalue weighted by Gasteiger charge is 1.98. The van der Waals surface area contributed by atoms with E-state index in [-0.39, 0.29) is 0 Å². The number of benzene rings is 1. The van der Waals surface area contributed by atoms with Gasteiger partial charge in [0.1, 0.15) is 11.5 Å². The lowest BCUT2D eigenvalue weighted by molar-refractivity contribution is -0.131. The van der Waals surface area contributed by atoms with Gasteiger partial charge in [0.15, 0.2) is 0 Å². The number of carboxylic acid groups (broad SMARTS) is 1. The van der Waals surface area contributed by atoms with E-state index in [1.807, 2.05) is 0 Å². The Kier molecular flexibility index (Phi) is 7.36.